The van der Waals surface area contributed by atoms with Crippen molar-refractivity contribution in [1.82, 2.24) is 0 Å². The second-order valence-electron chi connectivity index (χ2n) is 5.62. The molecule has 0 saturated heterocycles. The number of nitrogens with zero attached hydrogens (tertiary/aromatic N) is 1. The van der Waals surface area contributed by atoms with Gasteiger partial charge in [-0.05, 0) is 42.3 Å². The fourth-order valence-corrected chi connectivity index (χ4v) is 2.43. The largest absolute Gasteiger partial charge is 0.480 e. The lowest BCUT2D eigenvalue weighted by Crippen LogP contribution is -2.37. The summed E-state index contributed by atoms with van der Waals surface area (Å²) in [5.41, 5.74) is 6.00. The van der Waals surface area contributed by atoms with E-state index in [0.29, 0.717) is 5.56 Å². The van der Waals surface area contributed by atoms with Gasteiger partial charge in [0.1, 0.15) is 6.04 Å². The Kier molecular flexibility index (Phi) is 9.35. The van der Waals surface area contributed by atoms with Gasteiger partial charge in [0.25, 0.3) is 0 Å². The number of halogens is 1. The topological polar surface area (TPSA) is 127 Å². The van der Waals surface area contributed by atoms with Crippen LogP contribution in [0.3, 0.4) is 0 Å². The van der Waals surface area contributed by atoms with Crippen LogP contribution in [0.5, 0.6) is 0 Å². The molecule has 1 unspecified atom stereocenters. The molecule has 0 spiro atoms. The minimum absolute atomic E-state index is 0.00254. The Balaban J connectivity index is 0.000000433. The number of hydrogen-bond acceptors (Lipinski definition) is 6. The highest BCUT2D eigenvalue weighted by atomic mass is 35.5. The van der Waals surface area contributed by atoms with Crippen molar-refractivity contribution in [2.75, 3.05) is 0 Å². The second kappa shape index (κ2) is 11.2. The number of Topliss-reactive ketones (excluding diaryl/α,β-unsaturated/α-hetero) is 1. The standard InChI is InChI=1S/C12H14N2O5S.C6H5Cl/c1-7(11(13)12(16)17)6-10(15)8-2-4-9(5-3-8)14-20(18)19;7-6-4-2-1-3-5-6/h2-5,7,11H,6,13H2,1H3,(H,16,17);1-5H/t7?,11-;/m0./s1. The minimum atomic E-state index is -2.55. The van der Waals surface area contributed by atoms with E-state index >= 15 is 0 Å². The van der Waals surface area contributed by atoms with Gasteiger partial charge in [0.2, 0.25) is 0 Å². The van der Waals surface area contributed by atoms with Crippen LogP contribution in [0.25, 0.3) is 0 Å². The van der Waals surface area contributed by atoms with E-state index in [1.165, 1.54) is 24.3 Å². The zero-order chi connectivity index (χ0) is 20.4. The third-order valence-electron chi connectivity index (χ3n) is 3.51. The Morgan fingerprint density at radius 3 is 2.07 bits per heavy atom. The number of aliphatic carboxylic acids is 1. The fourth-order valence-electron chi connectivity index (χ4n) is 1.99. The molecule has 0 bridgehead atoms. The maximum Gasteiger partial charge on any atom is 0.320 e. The summed E-state index contributed by atoms with van der Waals surface area (Å²) < 4.78 is 24.0. The van der Waals surface area contributed by atoms with Crippen LogP contribution in [0.4, 0.5) is 5.69 Å². The van der Waals surface area contributed by atoms with Gasteiger partial charge in [0.05, 0.1) is 5.69 Å². The minimum Gasteiger partial charge on any atom is -0.480 e. The third kappa shape index (κ3) is 8.59. The van der Waals surface area contributed by atoms with Crippen LogP contribution in [0.1, 0.15) is 23.7 Å². The van der Waals surface area contributed by atoms with Crippen LogP contribution in [-0.4, -0.2) is 31.3 Å². The lowest BCUT2D eigenvalue weighted by Gasteiger charge is -2.14. The van der Waals surface area contributed by atoms with E-state index in [1.54, 1.807) is 6.92 Å². The van der Waals surface area contributed by atoms with Crippen LogP contribution < -0.4 is 5.73 Å². The van der Waals surface area contributed by atoms with Crippen molar-refractivity contribution in [3.63, 3.8) is 0 Å². The predicted octanol–water partition coefficient (Wildman–Crippen LogP) is 3.34. The molecule has 2 aromatic carbocycles. The van der Waals surface area contributed by atoms with E-state index in [9.17, 15) is 18.0 Å². The zero-order valence-corrected chi connectivity index (χ0v) is 16.0. The van der Waals surface area contributed by atoms with Crippen molar-refractivity contribution in [2.24, 2.45) is 16.0 Å². The summed E-state index contributed by atoms with van der Waals surface area (Å²) in [7, 11) is -2.55. The van der Waals surface area contributed by atoms with Crippen LogP contribution >= 0.6 is 11.6 Å². The van der Waals surface area contributed by atoms with E-state index in [0.717, 1.165) is 5.02 Å². The molecule has 144 valence electrons. The van der Waals surface area contributed by atoms with Gasteiger partial charge < -0.3 is 10.8 Å². The van der Waals surface area contributed by atoms with Gasteiger partial charge in [-0.3, -0.25) is 9.59 Å². The molecule has 2 aromatic rings. The molecule has 7 nitrogen and oxygen atoms in total. The van der Waals surface area contributed by atoms with Crippen LogP contribution in [0, 0.1) is 5.92 Å². The molecule has 0 radical (unpaired) electrons. The van der Waals surface area contributed by atoms with Gasteiger partial charge in [-0.15, -0.1) is 4.36 Å². The van der Waals surface area contributed by atoms with Gasteiger partial charge in [0, 0.05) is 17.0 Å². The van der Waals surface area contributed by atoms with Gasteiger partial charge in [-0.1, -0.05) is 36.7 Å². The monoisotopic (exact) mass is 410 g/mol. The molecule has 0 aliphatic heterocycles. The van der Waals surface area contributed by atoms with Crippen molar-refractivity contribution in [3.8, 4) is 0 Å². The van der Waals surface area contributed by atoms with Crippen molar-refractivity contribution in [3.05, 3.63) is 65.2 Å². The van der Waals surface area contributed by atoms with Crippen LogP contribution in [0.15, 0.2) is 59.0 Å². The first kappa shape index (κ1) is 22.5. The van der Waals surface area contributed by atoms with E-state index in [1.807, 2.05) is 30.3 Å². The van der Waals surface area contributed by atoms with Gasteiger partial charge in [0.15, 0.2) is 5.78 Å². The number of hydrogen-bond donors (Lipinski definition) is 2. The van der Waals surface area contributed by atoms with Crippen molar-refractivity contribution >= 4 is 39.5 Å². The highest BCUT2D eigenvalue weighted by Crippen LogP contribution is 2.17. The normalized spacial score (nSPS) is 12.1. The van der Waals surface area contributed by atoms with E-state index in [2.05, 4.69) is 4.36 Å². The lowest BCUT2D eigenvalue weighted by atomic mass is 9.94. The SMILES string of the molecule is CC(CC(=O)c1ccc(N=S(=O)=O)cc1)[C@H](N)C(=O)O.Clc1ccccc1. The molecule has 0 aliphatic rings. The number of carbonyl (C=O) groups excluding carboxylic acids is 1. The first-order valence-electron chi connectivity index (χ1n) is 7.84. The fraction of sp³-hybridized carbons (Fsp3) is 0.222. The number of rotatable bonds is 6. The Labute approximate surface area is 163 Å². The number of carboxylic acids is 1. The molecule has 0 aromatic heterocycles. The molecule has 2 rings (SSSR count). The number of nitrogens with two attached hydrogens (primary N) is 1. The van der Waals surface area contributed by atoms with Gasteiger partial charge >= 0.3 is 16.5 Å². The Morgan fingerprint density at radius 2 is 1.67 bits per heavy atom. The van der Waals surface area contributed by atoms with Crippen molar-refractivity contribution in [1.29, 1.82) is 0 Å². The van der Waals surface area contributed by atoms with Gasteiger partial charge in [-0.25, -0.2) is 0 Å². The van der Waals surface area contributed by atoms with Crippen molar-refractivity contribution < 1.29 is 23.1 Å². The molecular formula is C18H19ClN2O5S. The Morgan fingerprint density at radius 1 is 1.11 bits per heavy atom. The highest BCUT2D eigenvalue weighted by molar-refractivity contribution is 7.61. The Bertz CT molecular complexity index is 891. The number of ketones is 1. The number of carboxylic acid groups (broad SMARTS) is 1. The summed E-state index contributed by atoms with van der Waals surface area (Å²) in [6.45, 7) is 1.58. The average molecular weight is 411 g/mol. The molecule has 0 fully saturated rings. The molecule has 2 atom stereocenters. The maximum atomic E-state index is 11.9. The molecule has 0 aliphatic carbocycles. The van der Waals surface area contributed by atoms with Crippen molar-refractivity contribution in [2.45, 2.75) is 19.4 Å². The highest BCUT2D eigenvalue weighted by Gasteiger charge is 2.22. The Hall–Kier alpha value is -2.55. The van der Waals surface area contributed by atoms with E-state index in [-0.39, 0.29) is 17.9 Å². The molecule has 9 heteroatoms. The quantitative estimate of drug-likeness (QED) is 0.703. The molecule has 0 amide bonds. The first-order valence-corrected chi connectivity index (χ1v) is 9.25. The summed E-state index contributed by atoms with van der Waals surface area (Å²) in [6.07, 6.45) is -0.00254. The number of benzene rings is 2. The first-order chi connectivity index (χ1) is 12.7. The predicted molar refractivity (Wildman–Crippen MR) is 103 cm³/mol. The van der Waals surface area contributed by atoms with Gasteiger partial charge in [-0.2, -0.15) is 8.42 Å². The lowest BCUT2D eigenvalue weighted by molar-refractivity contribution is -0.139. The van der Waals surface area contributed by atoms with Crippen LogP contribution in [-0.2, 0) is 15.3 Å². The summed E-state index contributed by atoms with van der Waals surface area (Å²) in [6, 6.07) is 14.0. The summed E-state index contributed by atoms with van der Waals surface area (Å²) in [5.74, 6) is -1.92. The molecule has 27 heavy (non-hydrogen) atoms. The smallest absolute Gasteiger partial charge is 0.320 e. The van der Waals surface area contributed by atoms with Crippen LogP contribution in [0.2, 0.25) is 5.02 Å². The second-order valence-corrected chi connectivity index (χ2v) is 6.67. The average Bonchev–Trinajstić information content (AvgIpc) is 2.62. The zero-order valence-electron chi connectivity index (χ0n) is 14.4. The summed E-state index contributed by atoms with van der Waals surface area (Å²) in [5, 5.41) is 9.54. The summed E-state index contributed by atoms with van der Waals surface area (Å²) >= 11 is 5.54. The number of carbonyl (C=O) groups is 2. The van der Waals surface area contributed by atoms with E-state index in [4.69, 9.17) is 22.4 Å². The molecular weight excluding hydrogens is 392 g/mol. The van der Waals surface area contributed by atoms with E-state index < -0.39 is 28.4 Å². The summed E-state index contributed by atoms with van der Waals surface area (Å²) in [4.78, 5) is 22.6. The molecule has 0 heterocycles. The molecule has 3 N–H and O–H groups in total. The maximum absolute atomic E-state index is 11.9. The molecule has 0 saturated carbocycles. The third-order valence-corrected chi connectivity index (χ3v) is 4.12.